The van der Waals surface area contributed by atoms with Gasteiger partial charge in [0.05, 0.1) is 0 Å². The fourth-order valence-corrected chi connectivity index (χ4v) is 4.38. The second-order valence-electron chi connectivity index (χ2n) is 7.40. The lowest BCUT2D eigenvalue weighted by molar-refractivity contribution is 0.526. The van der Waals surface area contributed by atoms with Crippen molar-refractivity contribution in [1.29, 1.82) is 0 Å². The van der Waals surface area contributed by atoms with Crippen LogP contribution < -0.4 is 0 Å². The summed E-state index contributed by atoms with van der Waals surface area (Å²) in [6.45, 7) is 4.50. The molecule has 0 aliphatic rings. The molecule has 0 saturated carbocycles. The molecule has 1 atom stereocenters. The van der Waals surface area contributed by atoms with Crippen LogP contribution in [0.25, 0.3) is 0 Å². The zero-order chi connectivity index (χ0) is 17.2. The van der Waals surface area contributed by atoms with Gasteiger partial charge in [-0.25, -0.2) is 0 Å². The summed E-state index contributed by atoms with van der Waals surface area (Å²) >= 11 is 12.0. The smallest absolute Gasteiger partial charge is 0.150 e. The highest BCUT2D eigenvalue weighted by Crippen LogP contribution is 2.23. The van der Waals surface area contributed by atoms with Crippen molar-refractivity contribution in [1.82, 2.24) is 0 Å². The third kappa shape index (κ3) is 19.0. The van der Waals surface area contributed by atoms with E-state index in [0.717, 1.165) is 0 Å². The highest BCUT2D eigenvalue weighted by molar-refractivity contribution is 7.34. The van der Waals surface area contributed by atoms with E-state index in [2.05, 4.69) is 13.8 Å². The highest BCUT2D eigenvalue weighted by atomic mass is 35.7. The maximum Gasteiger partial charge on any atom is 0.239 e. The zero-order valence-corrected chi connectivity index (χ0v) is 18.6. The Hall–Kier alpha value is 0.797. The van der Waals surface area contributed by atoms with E-state index in [1.165, 1.54) is 109 Å². The molecule has 3 heteroatoms. The van der Waals surface area contributed by atoms with Crippen LogP contribution in [0.15, 0.2) is 0 Å². The van der Waals surface area contributed by atoms with Gasteiger partial charge in [0.2, 0.25) is 7.42 Å². The van der Waals surface area contributed by atoms with Crippen molar-refractivity contribution < 1.29 is 0 Å². The van der Waals surface area contributed by atoms with Gasteiger partial charge < -0.3 is 0 Å². The van der Waals surface area contributed by atoms with E-state index < -0.39 is 7.42 Å². The van der Waals surface area contributed by atoms with Crippen LogP contribution in [0.3, 0.4) is 0 Å². The molecule has 0 nitrogen and oxygen atoms in total. The lowest BCUT2D eigenvalue weighted by Crippen LogP contribution is -2.02. The molecule has 0 rings (SSSR count). The van der Waals surface area contributed by atoms with Gasteiger partial charge in [-0.15, -0.1) is 0 Å². The number of hydrogen-bond acceptors (Lipinski definition) is 0. The molecule has 23 heavy (non-hydrogen) atoms. The Morgan fingerprint density at radius 3 is 1.17 bits per heavy atom. The van der Waals surface area contributed by atoms with Crippen LogP contribution in [0, 0.1) is 0 Å². The van der Waals surface area contributed by atoms with Crippen LogP contribution in [0.4, 0.5) is 0 Å². The fourth-order valence-electron chi connectivity index (χ4n) is 3.14. The van der Waals surface area contributed by atoms with E-state index in [0.29, 0.717) is 5.54 Å². The molecule has 0 aromatic rings. The van der Waals surface area contributed by atoms with Gasteiger partial charge in [-0.05, 0) is 5.54 Å². The van der Waals surface area contributed by atoms with Crippen molar-refractivity contribution in [3.05, 3.63) is 0 Å². The summed E-state index contributed by atoms with van der Waals surface area (Å²) in [4.78, 5) is 0. The van der Waals surface area contributed by atoms with Gasteiger partial charge >= 0.3 is 0 Å². The molecule has 0 fully saturated rings. The Morgan fingerprint density at radius 2 is 0.870 bits per heavy atom. The minimum Gasteiger partial charge on any atom is -0.150 e. The van der Waals surface area contributed by atoms with Crippen LogP contribution in [0.5, 0.6) is 0 Å². The van der Waals surface area contributed by atoms with E-state index in [1.54, 1.807) is 0 Å². The summed E-state index contributed by atoms with van der Waals surface area (Å²) in [5.74, 6) is 0. The summed E-state index contributed by atoms with van der Waals surface area (Å²) in [6.07, 6.45) is 24.2. The molecule has 0 saturated heterocycles. The summed E-state index contributed by atoms with van der Waals surface area (Å²) in [7, 11) is -1.41. The van der Waals surface area contributed by atoms with Gasteiger partial charge in [-0.1, -0.05) is 123 Å². The molecule has 0 aliphatic heterocycles. The molecule has 0 spiro atoms. The predicted molar refractivity (Wildman–Crippen MR) is 112 cm³/mol. The van der Waals surface area contributed by atoms with Crippen LogP contribution in [0.1, 0.15) is 123 Å². The van der Waals surface area contributed by atoms with Crippen molar-refractivity contribution in [3.63, 3.8) is 0 Å². The van der Waals surface area contributed by atoms with Gasteiger partial charge in [0.25, 0.3) is 0 Å². The number of rotatable bonds is 18. The van der Waals surface area contributed by atoms with Crippen LogP contribution in [0.2, 0.25) is 5.54 Å². The quantitative estimate of drug-likeness (QED) is 0.126. The number of halogens is 2. The van der Waals surface area contributed by atoms with E-state index in [1.807, 2.05) is 0 Å². The Kier molecular flexibility index (Phi) is 19.8. The molecule has 0 bridgehead atoms. The average molecular weight is 382 g/mol. The second-order valence-corrected chi connectivity index (χ2v) is 12.7. The molecule has 140 valence electrons. The van der Waals surface area contributed by atoms with Crippen molar-refractivity contribution in [2.75, 3.05) is 0 Å². The number of unbranched alkanes of at least 4 members (excludes halogenated alkanes) is 15. The standard InChI is InChI=1S/C20H42Cl2Si/c1-3-4-5-6-7-8-9-10-11-12-13-14-15-16-17-18-19-20(2)23(21)22/h20,23H,3-19H2,1-2H3. The lowest BCUT2D eigenvalue weighted by atomic mass is 10.0. The summed E-state index contributed by atoms with van der Waals surface area (Å²) < 4.78 is 0. The normalized spacial score (nSPS) is 12.9. The first-order valence-corrected chi connectivity index (χ1v) is 14.6. The predicted octanol–water partition coefficient (Wildman–Crippen LogP) is 8.73. The Balaban J connectivity index is 3.03. The third-order valence-corrected chi connectivity index (χ3v) is 8.72. The molecule has 1 unspecified atom stereocenters. The molecule has 0 aliphatic carbocycles. The zero-order valence-electron chi connectivity index (χ0n) is 15.9. The molecule has 0 N–H and O–H groups in total. The third-order valence-electron chi connectivity index (χ3n) is 4.94. The minimum atomic E-state index is -1.41. The highest BCUT2D eigenvalue weighted by Gasteiger charge is 2.12. The van der Waals surface area contributed by atoms with Gasteiger partial charge in [0, 0.05) is 0 Å². The van der Waals surface area contributed by atoms with E-state index in [9.17, 15) is 0 Å². The largest absolute Gasteiger partial charge is 0.239 e. The first-order chi connectivity index (χ1) is 11.2. The number of hydrogen-bond donors (Lipinski definition) is 0. The monoisotopic (exact) mass is 380 g/mol. The molecule has 0 aromatic heterocycles. The van der Waals surface area contributed by atoms with Crippen molar-refractivity contribution in [2.45, 2.75) is 129 Å². The van der Waals surface area contributed by atoms with Crippen LogP contribution in [-0.4, -0.2) is 7.42 Å². The Labute approximate surface area is 158 Å². The van der Waals surface area contributed by atoms with Gasteiger partial charge in [0.15, 0.2) is 0 Å². The fraction of sp³-hybridized carbons (Fsp3) is 1.00. The van der Waals surface area contributed by atoms with Gasteiger partial charge in [0.1, 0.15) is 0 Å². The second kappa shape index (κ2) is 19.1. The van der Waals surface area contributed by atoms with Gasteiger partial charge in [-0.3, -0.25) is 0 Å². The summed E-state index contributed by atoms with van der Waals surface area (Å²) in [5, 5.41) is 0. The van der Waals surface area contributed by atoms with Crippen molar-refractivity contribution in [2.24, 2.45) is 0 Å². The van der Waals surface area contributed by atoms with Gasteiger partial charge in [-0.2, -0.15) is 22.2 Å². The minimum absolute atomic E-state index is 0.588. The molecule has 0 amide bonds. The van der Waals surface area contributed by atoms with E-state index >= 15 is 0 Å². The van der Waals surface area contributed by atoms with Crippen LogP contribution >= 0.6 is 22.2 Å². The SMILES string of the molecule is CCCCCCCCCCCCCCCCCCC(C)[SiH](Cl)Cl. The maximum atomic E-state index is 6.00. The maximum absolute atomic E-state index is 6.00. The molecular weight excluding hydrogens is 339 g/mol. The Bertz CT molecular complexity index is 222. The van der Waals surface area contributed by atoms with E-state index in [4.69, 9.17) is 22.2 Å². The average Bonchev–Trinajstić information content (AvgIpc) is 2.54. The summed E-state index contributed by atoms with van der Waals surface area (Å²) in [5.41, 5.74) is 0.588. The molecular formula is C20H42Cl2Si. The van der Waals surface area contributed by atoms with Crippen LogP contribution in [-0.2, 0) is 0 Å². The molecule has 0 aromatic carbocycles. The van der Waals surface area contributed by atoms with Crippen molar-refractivity contribution >= 4 is 29.6 Å². The molecule has 0 radical (unpaired) electrons. The van der Waals surface area contributed by atoms with Crippen molar-refractivity contribution in [3.8, 4) is 0 Å². The topological polar surface area (TPSA) is 0 Å². The Morgan fingerprint density at radius 1 is 0.565 bits per heavy atom. The first kappa shape index (κ1) is 23.8. The summed E-state index contributed by atoms with van der Waals surface area (Å²) in [6, 6.07) is 0. The molecule has 0 heterocycles. The van der Waals surface area contributed by atoms with E-state index in [-0.39, 0.29) is 0 Å². The first-order valence-electron chi connectivity index (χ1n) is 10.5. The lowest BCUT2D eigenvalue weighted by Gasteiger charge is -2.09.